The summed E-state index contributed by atoms with van der Waals surface area (Å²) in [6, 6.07) is 12.8. The number of piperazine rings is 1. The number of hydrogen-bond acceptors (Lipinski definition) is 5. The average Bonchev–Trinajstić information content (AvgIpc) is 3.39. The van der Waals surface area contributed by atoms with Crippen molar-refractivity contribution in [3.8, 4) is 5.75 Å². The molecule has 1 atom stereocenters. The standard InChI is InChI=1S/C21H27N3O2S/c1-26-19-8-3-2-6-17(19)22-11-13-23(14-12-22)21(25)16-24-10-4-7-18(24)20-9-5-15-27-20/h2-3,5-6,8-9,15,18H,4,7,10-14,16H2,1H3. The Balaban J connectivity index is 1.33. The molecular formula is C21H27N3O2S. The normalized spacial score (nSPS) is 20.9. The van der Waals surface area contributed by atoms with E-state index < -0.39 is 0 Å². The van der Waals surface area contributed by atoms with Crippen molar-refractivity contribution in [3.63, 3.8) is 0 Å². The molecule has 1 aromatic heterocycles. The monoisotopic (exact) mass is 385 g/mol. The van der Waals surface area contributed by atoms with Gasteiger partial charge in [0.2, 0.25) is 5.91 Å². The van der Waals surface area contributed by atoms with Crippen LogP contribution in [0.2, 0.25) is 0 Å². The number of carbonyl (C=O) groups is 1. The second-order valence-corrected chi connectivity index (χ2v) is 8.16. The Morgan fingerprint density at radius 3 is 2.67 bits per heavy atom. The lowest BCUT2D eigenvalue weighted by Gasteiger charge is -2.37. The first-order chi connectivity index (χ1) is 13.3. The predicted molar refractivity (Wildman–Crippen MR) is 110 cm³/mol. The van der Waals surface area contributed by atoms with Crippen LogP contribution in [0.3, 0.4) is 0 Å². The number of ether oxygens (including phenoxy) is 1. The number of methoxy groups -OCH3 is 1. The van der Waals surface area contributed by atoms with E-state index >= 15 is 0 Å². The Labute approximate surface area is 165 Å². The van der Waals surface area contributed by atoms with Gasteiger partial charge in [0.05, 0.1) is 19.3 Å². The first-order valence-corrected chi connectivity index (χ1v) is 10.6. The van der Waals surface area contributed by atoms with E-state index in [2.05, 4.69) is 33.4 Å². The summed E-state index contributed by atoms with van der Waals surface area (Å²) in [5.74, 6) is 1.16. The maximum absolute atomic E-state index is 12.9. The highest BCUT2D eigenvalue weighted by atomic mass is 32.1. The van der Waals surface area contributed by atoms with Gasteiger partial charge < -0.3 is 14.5 Å². The van der Waals surface area contributed by atoms with E-state index in [1.54, 1.807) is 18.4 Å². The Hall–Kier alpha value is -2.05. The minimum Gasteiger partial charge on any atom is -0.495 e. The molecule has 2 saturated heterocycles. The van der Waals surface area contributed by atoms with Gasteiger partial charge in [0, 0.05) is 37.1 Å². The quantitative estimate of drug-likeness (QED) is 0.792. The van der Waals surface area contributed by atoms with Gasteiger partial charge >= 0.3 is 0 Å². The number of benzene rings is 1. The molecule has 144 valence electrons. The van der Waals surface area contributed by atoms with Crippen molar-refractivity contribution in [1.29, 1.82) is 0 Å². The SMILES string of the molecule is COc1ccccc1N1CCN(C(=O)CN2CCCC2c2cccs2)CC1. The Bertz CT molecular complexity index is 757. The first-order valence-electron chi connectivity index (χ1n) is 9.69. The highest BCUT2D eigenvalue weighted by Gasteiger charge is 2.30. The first kappa shape index (κ1) is 18.3. The van der Waals surface area contributed by atoms with Crippen molar-refractivity contribution in [3.05, 3.63) is 46.7 Å². The topological polar surface area (TPSA) is 36.0 Å². The van der Waals surface area contributed by atoms with Gasteiger partial charge in [-0.2, -0.15) is 0 Å². The van der Waals surface area contributed by atoms with Crippen molar-refractivity contribution in [2.75, 3.05) is 51.3 Å². The predicted octanol–water partition coefficient (Wildman–Crippen LogP) is 3.24. The third-order valence-electron chi connectivity index (χ3n) is 5.63. The highest BCUT2D eigenvalue weighted by molar-refractivity contribution is 7.10. The zero-order valence-corrected chi connectivity index (χ0v) is 16.7. The molecule has 0 N–H and O–H groups in total. The number of hydrogen-bond donors (Lipinski definition) is 0. The van der Waals surface area contributed by atoms with E-state index in [-0.39, 0.29) is 5.91 Å². The fourth-order valence-corrected chi connectivity index (χ4v) is 5.08. The molecule has 4 rings (SSSR count). The second-order valence-electron chi connectivity index (χ2n) is 7.18. The van der Waals surface area contributed by atoms with Crippen LogP contribution in [0.15, 0.2) is 41.8 Å². The molecule has 0 radical (unpaired) electrons. The number of anilines is 1. The lowest BCUT2D eigenvalue weighted by Crippen LogP contribution is -2.51. The fourth-order valence-electron chi connectivity index (χ4n) is 4.18. The van der Waals surface area contributed by atoms with Gasteiger partial charge in [-0.3, -0.25) is 9.69 Å². The Morgan fingerprint density at radius 1 is 1.11 bits per heavy atom. The van der Waals surface area contributed by atoms with Crippen LogP contribution in [-0.2, 0) is 4.79 Å². The van der Waals surface area contributed by atoms with Crippen LogP contribution in [0.25, 0.3) is 0 Å². The van der Waals surface area contributed by atoms with Crippen LogP contribution in [0.1, 0.15) is 23.8 Å². The number of likely N-dealkylation sites (tertiary alicyclic amines) is 1. The maximum atomic E-state index is 12.9. The van der Waals surface area contributed by atoms with E-state index in [0.29, 0.717) is 12.6 Å². The Morgan fingerprint density at radius 2 is 1.93 bits per heavy atom. The molecule has 5 nitrogen and oxygen atoms in total. The van der Waals surface area contributed by atoms with E-state index in [4.69, 9.17) is 4.74 Å². The minimum atomic E-state index is 0.262. The molecule has 1 unspecified atom stereocenters. The van der Waals surface area contributed by atoms with Crippen molar-refractivity contribution in [1.82, 2.24) is 9.80 Å². The summed E-state index contributed by atoms with van der Waals surface area (Å²) in [6.45, 7) is 4.80. The zero-order chi connectivity index (χ0) is 18.6. The molecule has 1 amide bonds. The van der Waals surface area contributed by atoms with Crippen molar-refractivity contribution in [2.45, 2.75) is 18.9 Å². The molecule has 3 heterocycles. The number of nitrogens with zero attached hydrogens (tertiary/aromatic N) is 3. The molecule has 0 spiro atoms. The molecule has 2 aromatic rings. The number of rotatable bonds is 5. The Kier molecular flexibility index (Phi) is 5.64. The number of amides is 1. The summed E-state index contributed by atoms with van der Waals surface area (Å²) in [4.78, 5) is 21.0. The second kappa shape index (κ2) is 8.31. The summed E-state index contributed by atoms with van der Waals surface area (Å²) >= 11 is 1.80. The zero-order valence-electron chi connectivity index (χ0n) is 15.8. The van der Waals surface area contributed by atoms with Crippen molar-refractivity contribution >= 4 is 22.9 Å². The summed E-state index contributed by atoms with van der Waals surface area (Å²) in [7, 11) is 1.71. The van der Waals surface area contributed by atoms with Crippen molar-refractivity contribution < 1.29 is 9.53 Å². The van der Waals surface area contributed by atoms with E-state index in [0.717, 1.165) is 50.6 Å². The van der Waals surface area contributed by atoms with Gasteiger partial charge in [0.25, 0.3) is 0 Å². The molecule has 27 heavy (non-hydrogen) atoms. The van der Waals surface area contributed by atoms with Crippen LogP contribution in [0.5, 0.6) is 5.75 Å². The molecule has 1 aromatic carbocycles. The maximum Gasteiger partial charge on any atom is 0.236 e. The van der Waals surface area contributed by atoms with Crippen LogP contribution < -0.4 is 9.64 Å². The molecule has 0 saturated carbocycles. The van der Waals surface area contributed by atoms with Gasteiger partial charge in [-0.25, -0.2) is 0 Å². The molecule has 0 bridgehead atoms. The smallest absolute Gasteiger partial charge is 0.236 e. The lowest BCUT2D eigenvalue weighted by molar-refractivity contribution is -0.132. The van der Waals surface area contributed by atoms with Crippen molar-refractivity contribution in [2.24, 2.45) is 0 Å². The summed E-state index contributed by atoms with van der Waals surface area (Å²) in [5.41, 5.74) is 1.12. The lowest BCUT2D eigenvalue weighted by atomic mass is 10.2. The van der Waals surface area contributed by atoms with Crippen LogP contribution in [0.4, 0.5) is 5.69 Å². The molecular weight excluding hydrogens is 358 g/mol. The molecule has 6 heteroatoms. The molecule has 2 aliphatic rings. The fraction of sp³-hybridized carbons (Fsp3) is 0.476. The number of thiophene rings is 1. The number of carbonyl (C=O) groups excluding carboxylic acids is 1. The molecule has 0 aliphatic carbocycles. The van der Waals surface area contributed by atoms with Crippen LogP contribution in [-0.4, -0.2) is 62.1 Å². The summed E-state index contributed by atoms with van der Waals surface area (Å²) in [6.07, 6.45) is 2.34. The summed E-state index contributed by atoms with van der Waals surface area (Å²) in [5, 5.41) is 2.13. The van der Waals surface area contributed by atoms with Crippen LogP contribution in [0, 0.1) is 0 Å². The van der Waals surface area contributed by atoms with Gasteiger partial charge in [0.1, 0.15) is 5.75 Å². The third kappa shape index (κ3) is 3.96. The van der Waals surface area contributed by atoms with E-state index in [1.165, 1.54) is 11.3 Å². The minimum absolute atomic E-state index is 0.262. The molecule has 2 fully saturated rings. The average molecular weight is 386 g/mol. The van der Waals surface area contributed by atoms with Gasteiger partial charge in [0.15, 0.2) is 0 Å². The number of para-hydroxylation sites is 2. The largest absolute Gasteiger partial charge is 0.495 e. The van der Waals surface area contributed by atoms with E-state index in [1.807, 2.05) is 23.1 Å². The van der Waals surface area contributed by atoms with Gasteiger partial charge in [-0.1, -0.05) is 18.2 Å². The van der Waals surface area contributed by atoms with Gasteiger partial charge in [-0.15, -0.1) is 11.3 Å². The third-order valence-corrected chi connectivity index (χ3v) is 6.61. The summed E-state index contributed by atoms with van der Waals surface area (Å²) < 4.78 is 5.48. The highest BCUT2D eigenvalue weighted by Crippen LogP contribution is 2.34. The van der Waals surface area contributed by atoms with E-state index in [9.17, 15) is 4.79 Å². The van der Waals surface area contributed by atoms with Crippen LogP contribution >= 0.6 is 11.3 Å². The van der Waals surface area contributed by atoms with Gasteiger partial charge in [-0.05, 0) is 43.0 Å². The molecule has 2 aliphatic heterocycles.